The molecule has 2 aromatic rings. The van der Waals surface area contributed by atoms with Crippen molar-refractivity contribution < 1.29 is 37.0 Å². The maximum atomic E-state index is 12.7. The highest BCUT2D eigenvalue weighted by Crippen LogP contribution is 2.35. The molecule has 2 aliphatic rings. The quantitative estimate of drug-likeness (QED) is 0.766. The molecule has 4 heterocycles. The Labute approximate surface area is 176 Å². The van der Waals surface area contributed by atoms with E-state index >= 15 is 0 Å². The van der Waals surface area contributed by atoms with E-state index in [0.717, 1.165) is 25.3 Å². The number of nitrogens with zero attached hydrogens (tertiary/aromatic N) is 3. The van der Waals surface area contributed by atoms with E-state index in [1.54, 1.807) is 6.07 Å². The molecule has 4 rings (SSSR count). The number of alkyl halides is 3. The zero-order valence-corrected chi connectivity index (χ0v) is 16.5. The number of carboxylic acid groups (broad SMARTS) is 1. The normalized spacial score (nSPS) is 21.4. The Morgan fingerprint density at radius 3 is 2.55 bits per heavy atom. The van der Waals surface area contributed by atoms with Crippen LogP contribution in [0.2, 0.25) is 0 Å². The smallest absolute Gasteiger partial charge is 0.475 e. The van der Waals surface area contributed by atoms with Gasteiger partial charge in [0.1, 0.15) is 12.1 Å². The maximum absolute atomic E-state index is 12.7. The maximum Gasteiger partial charge on any atom is 0.490 e. The van der Waals surface area contributed by atoms with Gasteiger partial charge in [0.15, 0.2) is 0 Å². The zero-order valence-electron chi connectivity index (χ0n) is 16.5. The van der Waals surface area contributed by atoms with Crippen molar-refractivity contribution in [2.75, 3.05) is 44.3 Å². The first-order chi connectivity index (χ1) is 14.7. The number of carboxylic acids is 1. The standard InChI is InChI=1S/C18H21N3O3.C2HF3O2/c22-17(15-4-9-23-11-15)21-8-10-24-14-18(13-21)5-7-20(12-18)16-3-1-2-6-19-16;3-2(4,5)1(6)7/h1-4,6,9,11H,5,7-8,10,12-14H2;(H,6,7). The van der Waals surface area contributed by atoms with Crippen molar-refractivity contribution in [1.29, 1.82) is 0 Å². The lowest BCUT2D eigenvalue weighted by atomic mass is 9.87. The number of furan rings is 1. The predicted octanol–water partition coefficient (Wildman–Crippen LogP) is 2.68. The first-order valence-corrected chi connectivity index (χ1v) is 9.56. The number of halogens is 3. The highest BCUT2D eigenvalue weighted by Gasteiger charge is 2.42. The fraction of sp³-hybridized carbons (Fsp3) is 0.450. The second-order valence-corrected chi connectivity index (χ2v) is 7.45. The minimum absolute atomic E-state index is 0.0184. The number of carbonyl (C=O) groups excluding carboxylic acids is 1. The lowest BCUT2D eigenvalue weighted by molar-refractivity contribution is -0.192. The SMILES string of the molecule is O=C(O)C(F)(F)F.O=C(c1ccoc1)N1CCOCC2(CCN(c3ccccn3)C2)C1. The lowest BCUT2D eigenvalue weighted by Crippen LogP contribution is -2.43. The summed E-state index contributed by atoms with van der Waals surface area (Å²) >= 11 is 0. The van der Waals surface area contributed by atoms with Gasteiger partial charge in [0.05, 0.1) is 25.0 Å². The number of hydrogen-bond donors (Lipinski definition) is 1. The fourth-order valence-corrected chi connectivity index (χ4v) is 3.65. The van der Waals surface area contributed by atoms with Gasteiger partial charge in [-0.15, -0.1) is 0 Å². The van der Waals surface area contributed by atoms with Crippen LogP contribution in [0.25, 0.3) is 0 Å². The Morgan fingerprint density at radius 2 is 1.94 bits per heavy atom. The molecule has 31 heavy (non-hydrogen) atoms. The number of rotatable bonds is 2. The highest BCUT2D eigenvalue weighted by molar-refractivity contribution is 5.93. The molecule has 0 saturated carbocycles. The van der Waals surface area contributed by atoms with Crippen LogP contribution in [-0.2, 0) is 9.53 Å². The second kappa shape index (κ2) is 9.38. The summed E-state index contributed by atoms with van der Waals surface area (Å²) < 4.78 is 42.6. The summed E-state index contributed by atoms with van der Waals surface area (Å²) in [5.74, 6) is -1.75. The van der Waals surface area contributed by atoms with E-state index in [0.29, 0.717) is 31.9 Å². The molecule has 1 spiro atoms. The van der Waals surface area contributed by atoms with Crippen molar-refractivity contribution in [3.8, 4) is 0 Å². The number of aromatic nitrogens is 1. The first-order valence-electron chi connectivity index (χ1n) is 9.56. The van der Waals surface area contributed by atoms with Crippen molar-refractivity contribution in [2.24, 2.45) is 5.41 Å². The van der Waals surface area contributed by atoms with Gasteiger partial charge in [0.25, 0.3) is 5.91 Å². The predicted molar refractivity (Wildman–Crippen MR) is 103 cm³/mol. The minimum atomic E-state index is -5.08. The Hall–Kier alpha value is -3.08. The van der Waals surface area contributed by atoms with Crippen molar-refractivity contribution in [2.45, 2.75) is 12.6 Å². The molecule has 2 aliphatic heterocycles. The number of ether oxygens (including phenoxy) is 1. The monoisotopic (exact) mass is 441 g/mol. The third kappa shape index (κ3) is 5.75. The van der Waals surface area contributed by atoms with Gasteiger partial charge in [-0.05, 0) is 24.6 Å². The Balaban J connectivity index is 0.000000339. The van der Waals surface area contributed by atoms with Crippen LogP contribution >= 0.6 is 0 Å². The topological polar surface area (TPSA) is 96.1 Å². The van der Waals surface area contributed by atoms with E-state index in [4.69, 9.17) is 19.1 Å². The van der Waals surface area contributed by atoms with Gasteiger partial charge in [-0.25, -0.2) is 9.78 Å². The van der Waals surface area contributed by atoms with Crippen LogP contribution in [0.5, 0.6) is 0 Å². The number of aliphatic carboxylic acids is 1. The number of pyridine rings is 1. The van der Waals surface area contributed by atoms with Crippen molar-refractivity contribution in [1.82, 2.24) is 9.88 Å². The van der Waals surface area contributed by atoms with Crippen LogP contribution < -0.4 is 4.90 Å². The molecule has 2 fully saturated rings. The molecule has 0 aromatic carbocycles. The van der Waals surface area contributed by atoms with E-state index in [-0.39, 0.29) is 11.3 Å². The summed E-state index contributed by atoms with van der Waals surface area (Å²) in [5.41, 5.74) is 0.569. The summed E-state index contributed by atoms with van der Waals surface area (Å²) in [7, 11) is 0. The van der Waals surface area contributed by atoms with Gasteiger partial charge in [-0.1, -0.05) is 6.07 Å². The molecule has 1 atom stereocenters. The molecule has 1 unspecified atom stereocenters. The van der Waals surface area contributed by atoms with Crippen LogP contribution in [0.15, 0.2) is 47.4 Å². The molecule has 0 bridgehead atoms. The zero-order chi connectivity index (χ0) is 22.5. The van der Waals surface area contributed by atoms with Crippen molar-refractivity contribution in [3.05, 3.63) is 48.6 Å². The molecule has 11 heteroatoms. The van der Waals surface area contributed by atoms with E-state index in [9.17, 15) is 18.0 Å². The van der Waals surface area contributed by atoms with E-state index in [1.807, 2.05) is 29.3 Å². The van der Waals surface area contributed by atoms with Crippen molar-refractivity contribution >= 4 is 17.7 Å². The van der Waals surface area contributed by atoms with E-state index in [1.165, 1.54) is 12.5 Å². The van der Waals surface area contributed by atoms with Crippen LogP contribution in [0.4, 0.5) is 19.0 Å². The van der Waals surface area contributed by atoms with Gasteiger partial charge in [0.2, 0.25) is 0 Å². The summed E-state index contributed by atoms with van der Waals surface area (Å²) in [6.07, 6.45) is 0.780. The summed E-state index contributed by atoms with van der Waals surface area (Å²) in [6.45, 7) is 4.39. The minimum Gasteiger partial charge on any atom is -0.475 e. The van der Waals surface area contributed by atoms with E-state index in [2.05, 4.69) is 9.88 Å². The average molecular weight is 441 g/mol. The van der Waals surface area contributed by atoms with Gasteiger partial charge in [-0.2, -0.15) is 13.2 Å². The summed E-state index contributed by atoms with van der Waals surface area (Å²) in [6, 6.07) is 7.68. The highest BCUT2D eigenvalue weighted by atomic mass is 19.4. The molecule has 2 saturated heterocycles. The molecule has 8 nitrogen and oxygen atoms in total. The largest absolute Gasteiger partial charge is 0.490 e. The van der Waals surface area contributed by atoms with E-state index < -0.39 is 12.1 Å². The average Bonchev–Trinajstić information content (AvgIpc) is 3.36. The van der Waals surface area contributed by atoms with Gasteiger partial charge < -0.3 is 24.1 Å². The van der Waals surface area contributed by atoms with Gasteiger partial charge in [0, 0.05) is 37.8 Å². The Kier molecular flexibility index (Phi) is 6.84. The third-order valence-corrected chi connectivity index (χ3v) is 5.15. The molecule has 2 aromatic heterocycles. The van der Waals surface area contributed by atoms with Gasteiger partial charge >= 0.3 is 12.1 Å². The second-order valence-electron chi connectivity index (χ2n) is 7.45. The van der Waals surface area contributed by atoms with Crippen LogP contribution in [0.1, 0.15) is 16.8 Å². The molecular formula is C20H22F3N3O5. The third-order valence-electron chi connectivity index (χ3n) is 5.15. The van der Waals surface area contributed by atoms with Crippen molar-refractivity contribution in [3.63, 3.8) is 0 Å². The molecule has 168 valence electrons. The molecular weight excluding hydrogens is 419 g/mol. The van der Waals surface area contributed by atoms with Crippen LogP contribution in [0, 0.1) is 5.41 Å². The Morgan fingerprint density at radius 1 is 1.16 bits per heavy atom. The first kappa shape index (κ1) is 22.6. The van der Waals surface area contributed by atoms with Crippen LogP contribution in [0.3, 0.4) is 0 Å². The lowest BCUT2D eigenvalue weighted by Gasteiger charge is -2.31. The van der Waals surface area contributed by atoms with Crippen LogP contribution in [-0.4, -0.2) is 72.4 Å². The molecule has 0 radical (unpaired) electrons. The fourth-order valence-electron chi connectivity index (χ4n) is 3.65. The summed E-state index contributed by atoms with van der Waals surface area (Å²) in [5, 5.41) is 7.12. The number of amides is 1. The number of hydrogen-bond acceptors (Lipinski definition) is 6. The number of anilines is 1. The summed E-state index contributed by atoms with van der Waals surface area (Å²) in [4.78, 5) is 30.2. The molecule has 1 N–H and O–H groups in total. The van der Waals surface area contributed by atoms with Gasteiger partial charge in [-0.3, -0.25) is 4.79 Å². The Bertz CT molecular complexity index is 876. The number of carbonyl (C=O) groups is 2. The molecule has 1 amide bonds. The molecule has 0 aliphatic carbocycles.